The van der Waals surface area contributed by atoms with Gasteiger partial charge in [0.2, 0.25) is 5.91 Å². The van der Waals surface area contributed by atoms with E-state index in [-0.39, 0.29) is 29.8 Å². The molecule has 2 rings (SSSR count). The van der Waals surface area contributed by atoms with E-state index in [9.17, 15) is 4.79 Å². The maximum atomic E-state index is 12.0. The van der Waals surface area contributed by atoms with Gasteiger partial charge in [-0.25, -0.2) is 0 Å². The molecule has 1 fully saturated rings. The summed E-state index contributed by atoms with van der Waals surface area (Å²) < 4.78 is 0. The molecule has 1 aliphatic rings. The van der Waals surface area contributed by atoms with Crippen LogP contribution in [0.5, 0.6) is 0 Å². The minimum atomic E-state index is -0.00391. The summed E-state index contributed by atoms with van der Waals surface area (Å²) >= 11 is 6.03. The van der Waals surface area contributed by atoms with Crippen molar-refractivity contribution in [2.24, 2.45) is 11.1 Å². The Balaban J connectivity index is 0.00000242. The van der Waals surface area contributed by atoms with Crippen LogP contribution in [0, 0.1) is 5.41 Å². The first-order valence-corrected chi connectivity index (χ1v) is 7.78. The molecule has 1 unspecified atom stereocenters. The average molecular weight is 346 g/mol. The van der Waals surface area contributed by atoms with Crippen LogP contribution in [0.2, 0.25) is 5.02 Å². The largest absolute Gasteiger partial charge is 0.327 e. The van der Waals surface area contributed by atoms with E-state index in [4.69, 9.17) is 17.3 Å². The van der Waals surface area contributed by atoms with Crippen LogP contribution in [-0.2, 0) is 4.79 Å². The molecule has 1 aromatic rings. The van der Waals surface area contributed by atoms with E-state index in [0.29, 0.717) is 17.1 Å². The molecular formula is C16H25Cl2N3O. The summed E-state index contributed by atoms with van der Waals surface area (Å²) in [6.07, 6.45) is 1.45. The zero-order valence-corrected chi connectivity index (χ0v) is 14.7. The van der Waals surface area contributed by atoms with Gasteiger partial charge in [-0.1, -0.05) is 37.6 Å². The van der Waals surface area contributed by atoms with E-state index in [1.807, 2.05) is 18.2 Å². The van der Waals surface area contributed by atoms with E-state index in [0.717, 1.165) is 26.1 Å². The molecule has 124 valence electrons. The van der Waals surface area contributed by atoms with Gasteiger partial charge in [0.25, 0.3) is 0 Å². The number of halogens is 2. The Kier molecular flexibility index (Phi) is 7.13. The normalized spacial score (nSPS) is 21.0. The standard InChI is InChI=1S/C16H24ClN3O.ClH/c1-16(2)11-20(9-7-14(16)18)10-8-15(21)19-13-6-4-3-5-12(13)17;/h3-6,14H,7-11,18H2,1-2H3,(H,19,21);1H. The third-order valence-corrected chi connectivity index (χ3v) is 4.52. The molecule has 1 atom stereocenters. The Bertz CT molecular complexity index is 508. The summed E-state index contributed by atoms with van der Waals surface area (Å²) in [5.74, 6) is -0.00391. The van der Waals surface area contributed by atoms with Crippen LogP contribution in [0.4, 0.5) is 5.69 Å². The zero-order chi connectivity index (χ0) is 15.5. The highest BCUT2D eigenvalue weighted by Gasteiger charge is 2.33. The number of hydrogen-bond donors (Lipinski definition) is 2. The smallest absolute Gasteiger partial charge is 0.225 e. The van der Waals surface area contributed by atoms with E-state index in [2.05, 4.69) is 24.1 Å². The van der Waals surface area contributed by atoms with Gasteiger partial charge >= 0.3 is 0 Å². The Hall–Kier alpha value is -0.810. The fraction of sp³-hybridized carbons (Fsp3) is 0.562. The van der Waals surface area contributed by atoms with Gasteiger partial charge in [0.1, 0.15) is 0 Å². The Labute approximate surface area is 143 Å². The van der Waals surface area contributed by atoms with Crippen molar-refractivity contribution in [1.29, 1.82) is 0 Å². The summed E-state index contributed by atoms with van der Waals surface area (Å²) in [7, 11) is 0. The highest BCUT2D eigenvalue weighted by Crippen LogP contribution is 2.27. The van der Waals surface area contributed by atoms with Crippen molar-refractivity contribution in [2.45, 2.75) is 32.7 Å². The molecule has 0 bridgehead atoms. The Morgan fingerprint density at radius 3 is 2.77 bits per heavy atom. The second kappa shape index (κ2) is 8.16. The summed E-state index contributed by atoms with van der Waals surface area (Å²) in [6, 6.07) is 7.52. The summed E-state index contributed by atoms with van der Waals surface area (Å²) in [5, 5.41) is 3.42. The number of amides is 1. The number of rotatable bonds is 4. The van der Waals surface area contributed by atoms with Crippen LogP contribution in [0.1, 0.15) is 26.7 Å². The molecule has 0 spiro atoms. The maximum absolute atomic E-state index is 12.0. The molecule has 3 N–H and O–H groups in total. The monoisotopic (exact) mass is 345 g/mol. The highest BCUT2D eigenvalue weighted by molar-refractivity contribution is 6.33. The summed E-state index contributed by atoms with van der Waals surface area (Å²) in [4.78, 5) is 14.3. The topological polar surface area (TPSA) is 58.4 Å². The van der Waals surface area contributed by atoms with Crippen molar-refractivity contribution in [3.05, 3.63) is 29.3 Å². The molecular weight excluding hydrogens is 321 g/mol. The van der Waals surface area contributed by atoms with Gasteiger partial charge in [-0.15, -0.1) is 12.4 Å². The van der Waals surface area contributed by atoms with Gasteiger partial charge < -0.3 is 16.0 Å². The van der Waals surface area contributed by atoms with Gasteiger partial charge in [0.05, 0.1) is 10.7 Å². The van der Waals surface area contributed by atoms with Gasteiger partial charge in [0.15, 0.2) is 0 Å². The first-order chi connectivity index (χ1) is 9.88. The average Bonchev–Trinajstić information content (AvgIpc) is 2.42. The van der Waals surface area contributed by atoms with Crippen molar-refractivity contribution in [3.8, 4) is 0 Å². The number of para-hydroxylation sites is 1. The third kappa shape index (κ3) is 5.13. The number of benzene rings is 1. The van der Waals surface area contributed by atoms with Crippen LogP contribution in [-0.4, -0.2) is 36.5 Å². The summed E-state index contributed by atoms with van der Waals surface area (Å²) in [5.41, 5.74) is 6.91. The Morgan fingerprint density at radius 1 is 1.45 bits per heavy atom. The van der Waals surface area contributed by atoms with Crippen LogP contribution in [0.25, 0.3) is 0 Å². The van der Waals surface area contributed by atoms with Gasteiger partial charge in [0, 0.05) is 25.6 Å². The van der Waals surface area contributed by atoms with Crippen molar-refractivity contribution < 1.29 is 4.79 Å². The van der Waals surface area contributed by atoms with Gasteiger partial charge in [-0.2, -0.15) is 0 Å². The van der Waals surface area contributed by atoms with Crippen LogP contribution in [0.15, 0.2) is 24.3 Å². The van der Waals surface area contributed by atoms with Crippen molar-refractivity contribution >= 4 is 35.6 Å². The number of carbonyl (C=O) groups is 1. The number of hydrogen-bond acceptors (Lipinski definition) is 3. The van der Waals surface area contributed by atoms with Crippen LogP contribution < -0.4 is 11.1 Å². The molecule has 0 saturated carbocycles. The van der Waals surface area contributed by atoms with Gasteiger partial charge in [-0.3, -0.25) is 4.79 Å². The third-order valence-electron chi connectivity index (χ3n) is 4.19. The minimum absolute atomic E-state index is 0. The van der Waals surface area contributed by atoms with Crippen LogP contribution >= 0.6 is 24.0 Å². The molecule has 1 heterocycles. The molecule has 22 heavy (non-hydrogen) atoms. The molecule has 0 aromatic heterocycles. The number of nitrogens with one attached hydrogen (secondary N) is 1. The van der Waals surface area contributed by atoms with E-state index >= 15 is 0 Å². The lowest BCUT2D eigenvalue weighted by atomic mass is 9.80. The first-order valence-electron chi connectivity index (χ1n) is 7.41. The van der Waals surface area contributed by atoms with Crippen LogP contribution in [0.3, 0.4) is 0 Å². The quantitative estimate of drug-likeness (QED) is 0.881. The van der Waals surface area contributed by atoms with E-state index in [1.54, 1.807) is 6.07 Å². The molecule has 1 aliphatic heterocycles. The lowest BCUT2D eigenvalue weighted by Gasteiger charge is -2.42. The van der Waals surface area contributed by atoms with Gasteiger partial charge in [-0.05, 0) is 30.5 Å². The van der Waals surface area contributed by atoms with Crippen molar-refractivity contribution in [3.63, 3.8) is 0 Å². The first kappa shape index (κ1) is 19.2. The summed E-state index contributed by atoms with van der Waals surface area (Å²) in [6.45, 7) is 7.03. The number of nitrogens with zero attached hydrogens (tertiary/aromatic N) is 1. The number of likely N-dealkylation sites (tertiary alicyclic amines) is 1. The fourth-order valence-electron chi connectivity index (χ4n) is 2.71. The van der Waals surface area contributed by atoms with Crippen molar-refractivity contribution in [2.75, 3.05) is 25.0 Å². The molecule has 4 nitrogen and oxygen atoms in total. The Morgan fingerprint density at radius 2 is 2.14 bits per heavy atom. The minimum Gasteiger partial charge on any atom is -0.327 e. The number of carbonyl (C=O) groups excluding carboxylic acids is 1. The number of anilines is 1. The molecule has 1 aromatic carbocycles. The lowest BCUT2D eigenvalue weighted by Crippen LogP contribution is -2.52. The zero-order valence-electron chi connectivity index (χ0n) is 13.1. The second-order valence-electron chi connectivity index (χ2n) is 6.44. The predicted octanol–water partition coefficient (Wildman–Crippen LogP) is 3.15. The predicted molar refractivity (Wildman–Crippen MR) is 94.8 cm³/mol. The number of piperidine rings is 1. The maximum Gasteiger partial charge on any atom is 0.225 e. The molecule has 0 radical (unpaired) electrons. The molecule has 1 saturated heterocycles. The highest BCUT2D eigenvalue weighted by atomic mass is 35.5. The molecule has 0 aliphatic carbocycles. The lowest BCUT2D eigenvalue weighted by molar-refractivity contribution is -0.116. The molecule has 6 heteroatoms. The van der Waals surface area contributed by atoms with Crippen molar-refractivity contribution in [1.82, 2.24) is 4.90 Å². The molecule has 1 amide bonds. The fourth-order valence-corrected chi connectivity index (χ4v) is 2.89. The SMILES string of the molecule is CC1(C)CN(CCC(=O)Nc2ccccc2Cl)CCC1N.Cl. The second-order valence-corrected chi connectivity index (χ2v) is 6.85. The van der Waals surface area contributed by atoms with E-state index in [1.165, 1.54) is 0 Å². The van der Waals surface area contributed by atoms with E-state index < -0.39 is 0 Å². The number of nitrogens with two attached hydrogens (primary N) is 1.